The molecule has 0 aliphatic carbocycles. The summed E-state index contributed by atoms with van der Waals surface area (Å²) in [5, 5.41) is 0. The van der Waals surface area contributed by atoms with E-state index in [1.54, 1.807) is 0 Å². The molecule has 0 atom stereocenters. The molecule has 0 spiro atoms. The third-order valence-electron chi connectivity index (χ3n) is 2.36. The van der Waals surface area contributed by atoms with Crippen LogP contribution in [-0.2, 0) is 18.6 Å². The molecule has 0 N–H and O–H groups in total. The summed E-state index contributed by atoms with van der Waals surface area (Å²) < 4.78 is 0. The number of aromatic nitrogens is 1. The van der Waals surface area contributed by atoms with Gasteiger partial charge in [0.05, 0.1) is 0 Å². The Bertz CT molecular complexity index is 292. The summed E-state index contributed by atoms with van der Waals surface area (Å²) in [4.78, 5) is 4.46. The van der Waals surface area contributed by atoms with Gasteiger partial charge in [0.2, 0.25) is 0 Å². The van der Waals surface area contributed by atoms with Gasteiger partial charge in [-0.05, 0) is 36.0 Å². The van der Waals surface area contributed by atoms with Crippen molar-refractivity contribution in [3.63, 3.8) is 0 Å². The van der Waals surface area contributed by atoms with E-state index in [1.807, 2.05) is 6.20 Å². The topological polar surface area (TPSA) is 12.9 Å². The van der Waals surface area contributed by atoms with Crippen LogP contribution in [0, 0.1) is 6.92 Å². The molecule has 0 aliphatic rings. The van der Waals surface area contributed by atoms with Gasteiger partial charge in [-0.1, -0.05) is 27.7 Å². The minimum absolute atomic E-state index is 0. The molecule has 0 aliphatic heterocycles. The van der Waals surface area contributed by atoms with Crippen molar-refractivity contribution in [2.24, 2.45) is 0 Å². The van der Waals surface area contributed by atoms with E-state index in [0.29, 0.717) is 11.8 Å². The molecule has 1 radical (unpaired) electrons. The maximum atomic E-state index is 4.46. The van der Waals surface area contributed by atoms with Crippen molar-refractivity contribution in [1.82, 2.24) is 4.98 Å². The first-order valence-electron chi connectivity index (χ1n) is 4.99. The standard InChI is InChI=1S/C12H19N.V/c1-8(2)11-10(5)6-7-13-12(11)9(3)4;/h6-9H,1-5H3;. The maximum Gasteiger partial charge on any atom is 0.0466 e. The quantitative estimate of drug-likeness (QED) is 0.753. The number of nitrogens with zero attached hydrogens (tertiary/aromatic N) is 1. The van der Waals surface area contributed by atoms with Gasteiger partial charge in [0.1, 0.15) is 0 Å². The van der Waals surface area contributed by atoms with Crippen molar-refractivity contribution in [3.05, 3.63) is 29.1 Å². The van der Waals surface area contributed by atoms with E-state index in [0.717, 1.165) is 0 Å². The predicted octanol–water partition coefficient (Wildman–Crippen LogP) is 3.63. The minimum atomic E-state index is 0. The Labute approximate surface area is 99.2 Å². The van der Waals surface area contributed by atoms with E-state index >= 15 is 0 Å². The maximum absolute atomic E-state index is 4.46. The molecule has 0 saturated heterocycles. The van der Waals surface area contributed by atoms with Gasteiger partial charge in [-0.15, -0.1) is 0 Å². The predicted molar refractivity (Wildman–Crippen MR) is 57.2 cm³/mol. The Balaban J connectivity index is 0.00000169. The fourth-order valence-electron chi connectivity index (χ4n) is 1.80. The zero-order valence-corrected chi connectivity index (χ0v) is 11.1. The zero-order chi connectivity index (χ0) is 10.0. The van der Waals surface area contributed by atoms with E-state index in [9.17, 15) is 0 Å². The Kier molecular flexibility index (Phi) is 5.47. The second-order valence-corrected chi connectivity index (χ2v) is 4.24. The second-order valence-electron chi connectivity index (χ2n) is 4.24. The van der Waals surface area contributed by atoms with Gasteiger partial charge in [-0.3, -0.25) is 4.98 Å². The number of hydrogen-bond acceptors (Lipinski definition) is 1. The zero-order valence-electron chi connectivity index (χ0n) is 9.70. The van der Waals surface area contributed by atoms with Crippen LogP contribution in [0.25, 0.3) is 0 Å². The smallest absolute Gasteiger partial charge is 0.0466 e. The molecule has 2 heteroatoms. The normalized spacial score (nSPS) is 10.5. The number of aryl methyl sites for hydroxylation is 1. The summed E-state index contributed by atoms with van der Waals surface area (Å²) in [6, 6.07) is 2.10. The van der Waals surface area contributed by atoms with Crippen LogP contribution in [-0.4, -0.2) is 4.98 Å². The van der Waals surface area contributed by atoms with Crippen molar-refractivity contribution < 1.29 is 18.6 Å². The van der Waals surface area contributed by atoms with Crippen molar-refractivity contribution in [1.29, 1.82) is 0 Å². The molecule has 14 heavy (non-hydrogen) atoms. The molecule has 1 heterocycles. The van der Waals surface area contributed by atoms with Gasteiger partial charge in [-0.2, -0.15) is 0 Å². The molecule has 1 rings (SSSR count). The first-order valence-corrected chi connectivity index (χ1v) is 4.99. The van der Waals surface area contributed by atoms with Gasteiger partial charge >= 0.3 is 0 Å². The summed E-state index contributed by atoms with van der Waals surface area (Å²) in [6.07, 6.45) is 1.91. The molecule has 77 valence electrons. The minimum Gasteiger partial charge on any atom is -0.261 e. The molecule has 1 nitrogen and oxygen atoms in total. The third-order valence-corrected chi connectivity index (χ3v) is 2.36. The summed E-state index contributed by atoms with van der Waals surface area (Å²) in [6.45, 7) is 11.0. The Morgan fingerprint density at radius 2 is 1.64 bits per heavy atom. The molecule has 1 aromatic rings. The molecule has 0 saturated carbocycles. The summed E-state index contributed by atoms with van der Waals surface area (Å²) in [7, 11) is 0. The van der Waals surface area contributed by atoms with Gasteiger partial charge in [0.15, 0.2) is 0 Å². The van der Waals surface area contributed by atoms with Crippen LogP contribution >= 0.6 is 0 Å². The van der Waals surface area contributed by atoms with Gasteiger partial charge in [0.25, 0.3) is 0 Å². The average molecular weight is 228 g/mol. The van der Waals surface area contributed by atoms with E-state index in [-0.39, 0.29) is 18.6 Å². The van der Waals surface area contributed by atoms with Gasteiger partial charge in [0, 0.05) is 30.4 Å². The van der Waals surface area contributed by atoms with Gasteiger partial charge in [-0.25, -0.2) is 0 Å². The second kappa shape index (κ2) is 5.58. The van der Waals surface area contributed by atoms with Crippen molar-refractivity contribution in [2.45, 2.75) is 46.5 Å². The van der Waals surface area contributed by atoms with E-state index in [1.165, 1.54) is 16.8 Å². The molecule has 0 bridgehead atoms. The summed E-state index contributed by atoms with van der Waals surface area (Å²) in [5.41, 5.74) is 4.06. The number of hydrogen-bond donors (Lipinski definition) is 0. The summed E-state index contributed by atoms with van der Waals surface area (Å²) >= 11 is 0. The molecular formula is C12H19NV. The molecule has 0 aromatic carbocycles. The third kappa shape index (κ3) is 2.86. The summed E-state index contributed by atoms with van der Waals surface area (Å²) in [5.74, 6) is 1.10. The SMILES string of the molecule is Cc1ccnc(C(C)C)c1C(C)C.[V]. The molecule has 0 fully saturated rings. The number of pyridine rings is 1. The molecule has 0 amide bonds. The first-order chi connectivity index (χ1) is 6.04. The van der Waals surface area contributed by atoms with E-state index in [4.69, 9.17) is 0 Å². The van der Waals surface area contributed by atoms with Crippen molar-refractivity contribution in [2.75, 3.05) is 0 Å². The van der Waals surface area contributed by atoms with Crippen LogP contribution in [0.15, 0.2) is 12.3 Å². The number of rotatable bonds is 2. The Hall–Kier alpha value is -0.266. The molecular weight excluding hydrogens is 209 g/mol. The van der Waals surface area contributed by atoms with Crippen molar-refractivity contribution >= 4 is 0 Å². The van der Waals surface area contributed by atoms with Gasteiger partial charge < -0.3 is 0 Å². The Morgan fingerprint density at radius 3 is 2.00 bits per heavy atom. The van der Waals surface area contributed by atoms with Crippen LogP contribution < -0.4 is 0 Å². The van der Waals surface area contributed by atoms with Crippen LogP contribution in [0.2, 0.25) is 0 Å². The molecule has 1 aromatic heterocycles. The van der Waals surface area contributed by atoms with E-state index < -0.39 is 0 Å². The van der Waals surface area contributed by atoms with Crippen LogP contribution in [0.5, 0.6) is 0 Å². The van der Waals surface area contributed by atoms with Crippen LogP contribution in [0.4, 0.5) is 0 Å². The van der Waals surface area contributed by atoms with Crippen LogP contribution in [0.1, 0.15) is 56.4 Å². The van der Waals surface area contributed by atoms with E-state index in [2.05, 4.69) is 45.7 Å². The molecule has 0 unspecified atom stereocenters. The monoisotopic (exact) mass is 228 g/mol. The fraction of sp³-hybridized carbons (Fsp3) is 0.583. The van der Waals surface area contributed by atoms with Crippen molar-refractivity contribution in [3.8, 4) is 0 Å². The van der Waals surface area contributed by atoms with Crippen LogP contribution in [0.3, 0.4) is 0 Å². The first kappa shape index (κ1) is 13.7. The largest absolute Gasteiger partial charge is 0.261 e. The fourth-order valence-corrected chi connectivity index (χ4v) is 1.80. The average Bonchev–Trinajstić information content (AvgIpc) is 2.02. The Morgan fingerprint density at radius 1 is 1.07 bits per heavy atom.